The summed E-state index contributed by atoms with van der Waals surface area (Å²) in [6, 6.07) is 0. The first kappa shape index (κ1) is 18.8. The van der Waals surface area contributed by atoms with Gasteiger partial charge in [0.05, 0.1) is 11.5 Å². The van der Waals surface area contributed by atoms with Crippen molar-refractivity contribution >= 4 is 20.0 Å². The molecule has 116 valence electrons. The molecule has 0 amide bonds. The molecule has 0 aliphatic heterocycles. The van der Waals surface area contributed by atoms with E-state index in [1.54, 1.807) is 0 Å². The molecule has 0 spiro atoms. The van der Waals surface area contributed by atoms with Crippen molar-refractivity contribution in [3.63, 3.8) is 0 Å². The van der Waals surface area contributed by atoms with Crippen LogP contribution in [0.2, 0.25) is 0 Å². The number of ether oxygens (including phenoxy) is 1. The zero-order chi connectivity index (χ0) is 14.8. The fraction of sp³-hybridized carbons (Fsp3) is 1.00. The maximum Gasteiger partial charge on any atom is 0.211 e. The van der Waals surface area contributed by atoms with E-state index in [-0.39, 0.29) is 11.5 Å². The predicted molar refractivity (Wildman–Crippen MR) is 75.0 cm³/mol. The fourth-order valence-electron chi connectivity index (χ4n) is 1.30. The maximum atomic E-state index is 11.1. The summed E-state index contributed by atoms with van der Waals surface area (Å²) in [6.45, 7) is 0.996. The zero-order valence-electron chi connectivity index (χ0n) is 11.5. The molecule has 19 heavy (non-hydrogen) atoms. The largest absolute Gasteiger partial charge is 0.381 e. The minimum atomic E-state index is -3.12. The highest BCUT2D eigenvalue weighted by Crippen LogP contribution is 1.98. The fourth-order valence-corrected chi connectivity index (χ4v) is 2.88. The van der Waals surface area contributed by atoms with E-state index >= 15 is 0 Å². The van der Waals surface area contributed by atoms with Gasteiger partial charge in [0, 0.05) is 13.2 Å². The second kappa shape index (κ2) is 9.65. The van der Waals surface area contributed by atoms with E-state index in [4.69, 9.17) is 4.74 Å². The third-order valence-corrected chi connectivity index (χ3v) is 5.42. The van der Waals surface area contributed by atoms with Crippen molar-refractivity contribution in [2.24, 2.45) is 0 Å². The number of nitrogens with one attached hydrogen (secondary N) is 2. The lowest BCUT2D eigenvalue weighted by Gasteiger charge is -2.05. The van der Waals surface area contributed by atoms with Crippen LogP contribution in [0.15, 0.2) is 0 Å². The quantitative estimate of drug-likeness (QED) is 0.480. The molecule has 7 nitrogen and oxygen atoms in total. The lowest BCUT2D eigenvalue weighted by atomic mass is 10.3. The van der Waals surface area contributed by atoms with Gasteiger partial charge in [0.15, 0.2) is 0 Å². The third-order valence-electron chi connectivity index (χ3n) is 2.53. The van der Waals surface area contributed by atoms with Gasteiger partial charge in [-0.1, -0.05) is 0 Å². The molecular formula is C10H24N2O5S2. The van der Waals surface area contributed by atoms with Crippen LogP contribution in [0.1, 0.15) is 25.7 Å². The van der Waals surface area contributed by atoms with Crippen molar-refractivity contribution in [1.29, 1.82) is 0 Å². The lowest BCUT2D eigenvalue weighted by molar-refractivity contribution is 0.128. The highest BCUT2D eigenvalue weighted by molar-refractivity contribution is 7.89. The first-order valence-corrected chi connectivity index (χ1v) is 9.53. The Labute approximate surface area is 116 Å². The summed E-state index contributed by atoms with van der Waals surface area (Å²) in [4.78, 5) is 0. The van der Waals surface area contributed by atoms with Gasteiger partial charge in [0.2, 0.25) is 20.0 Å². The molecule has 0 heterocycles. The first-order chi connectivity index (χ1) is 8.83. The van der Waals surface area contributed by atoms with Crippen molar-refractivity contribution in [2.45, 2.75) is 25.7 Å². The minimum Gasteiger partial charge on any atom is -0.381 e. The summed E-state index contributed by atoms with van der Waals surface area (Å²) in [7, 11) is -3.45. The van der Waals surface area contributed by atoms with Gasteiger partial charge in [0.1, 0.15) is 0 Å². The molecule has 0 fully saturated rings. The summed E-state index contributed by atoms with van der Waals surface area (Å²) in [5.41, 5.74) is 0. The topological polar surface area (TPSA) is 102 Å². The lowest BCUT2D eigenvalue weighted by Crippen LogP contribution is -2.22. The van der Waals surface area contributed by atoms with Crippen molar-refractivity contribution < 1.29 is 21.6 Å². The highest BCUT2D eigenvalue weighted by atomic mass is 32.2. The number of hydrogen-bond acceptors (Lipinski definition) is 5. The normalized spacial score (nSPS) is 12.7. The molecule has 0 aromatic rings. The molecule has 0 aromatic carbocycles. The van der Waals surface area contributed by atoms with Crippen molar-refractivity contribution in [2.75, 3.05) is 38.8 Å². The van der Waals surface area contributed by atoms with Gasteiger partial charge in [0.25, 0.3) is 0 Å². The van der Waals surface area contributed by atoms with Crippen LogP contribution in [0.3, 0.4) is 0 Å². The molecule has 0 saturated heterocycles. The summed E-state index contributed by atoms with van der Waals surface area (Å²) in [5, 5.41) is 0. The molecule has 0 aromatic heterocycles. The van der Waals surface area contributed by atoms with Crippen LogP contribution >= 0.6 is 0 Å². The van der Waals surface area contributed by atoms with Crippen LogP contribution < -0.4 is 9.44 Å². The van der Waals surface area contributed by atoms with Crippen LogP contribution in [0.5, 0.6) is 0 Å². The van der Waals surface area contributed by atoms with Crippen molar-refractivity contribution in [3.05, 3.63) is 0 Å². The van der Waals surface area contributed by atoms with Crippen LogP contribution in [0.25, 0.3) is 0 Å². The van der Waals surface area contributed by atoms with Gasteiger partial charge in [-0.25, -0.2) is 26.3 Å². The molecule has 0 atom stereocenters. The second-order valence-corrected chi connectivity index (χ2v) is 8.16. The summed E-state index contributed by atoms with van der Waals surface area (Å²) in [6.07, 6.45) is 2.46. The summed E-state index contributed by atoms with van der Waals surface area (Å²) in [5.74, 6) is 0.209. The van der Waals surface area contributed by atoms with Gasteiger partial charge in [-0.05, 0) is 39.8 Å². The van der Waals surface area contributed by atoms with Crippen LogP contribution in [0.4, 0.5) is 0 Å². The first-order valence-electron chi connectivity index (χ1n) is 6.23. The molecule has 0 radical (unpaired) electrons. The van der Waals surface area contributed by atoms with Gasteiger partial charge < -0.3 is 4.74 Å². The third kappa shape index (κ3) is 11.3. The summed E-state index contributed by atoms with van der Waals surface area (Å²) >= 11 is 0. The van der Waals surface area contributed by atoms with E-state index in [1.807, 2.05) is 0 Å². The zero-order valence-corrected chi connectivity index (χ0v) is 13.1. The van der Waals surface area contributed by atoms with Gasteiger partial charge in [-0.2, -0.15) is 0 Å². The van der Waals surface area contributed by atoms with Crippen molar-refractivity contribution in [3.8, 4) is 0 Å². The van der Waals surface area contributed by atoms with E-state index in [2.05, 4.69) is 9.44 Å². The smallest absolute Gasteiger partial charge is 0.211 e. The molecule has 0 bridgehead atoms. The molecular weight excluding hydrogens is 292 g/mol. The van der Waals surface area contributed by atoms with Gasteiger partial charge in [-0.3, -0.25) is 0 Å². The predicted octanol–water partition coefficient (Wildman–Crippen LogP) is -0.338. The monoisotopic (exact) mass is 316 g/mol. The van der Waals surface area contributed by atoms with Crippen LogP contribution in [-0.4, -0.2) is 55.7 Å². The Morgan fingerprint density at radius 1 is 0.737 bits per heavy atom. The average Bonchev–Trinajstić information content (AvgIpc) is 2.36. The number of sulfonamides is 2. The Hall–Kier alpha value is -0.220. The SMILES string of the molecule is CNS(=O)(=O)CCCCOCCCCS(=O)(=O)NC. The molecule has 0 saturated carbocycles. The van der Waals surface area contributed by atoms with E-state index in [9.17, 15) is 16.8 Å². The van der Waals surface area contributed by atoms with Crippen LogP contribution in [0, 0.1) is 0 Å². The Bertz CT molecular complexity index is 379. The van der Waals surface area contributed by atoms with Crippen LogP contribution in [-0.2, 0) is 24.8 Å². The highest BCUT2D eigenvalue weighted by Gasteiger charge is 2.06. The van der Waals surface area contributed by atoms with E-state index in [1.165, 1.54) is 14.1 Å². The van der Waals surface area contributed by atoms with E-state index < -0.39 is 20.0 Å². The molecule has 0 unspecified atom stereocenters. The van der Waals surface area contributed by atoms with E-state index in [0.717, 1.165) is 0 Å². The summed E-state index contributed by atoms with van der Waals surface area (Å²) < 4.78 is 54.1. The molecule has 9 heteroatoms. The molecule has 2 N–H and O–H groups in total. The maximum absolute atomic E-state index is 11.1. The number of rotatable bonds is 12. The van der Waals surface area contributed by atoms with Crippen molar-refractivity contribution in [1.82, 2.24) is 9.44 Å². The Balaban J connectivity index is 3.38. The van der Waals surface area contributed by atoms with Gasteiger partial charge >= 0.3 is 0 Å². The van der Waals surface area contributed by atoms with E-state index in [0.29, 0.717) is 38.9 Å². The Morgan fingerprint density at radius 2 is 1.11 bits per heavy atom. The number of unbranched alkanes of at least 4 members (excludes halogenated alkanes) is 2. The standard InChI is InChI=1S/C10H24N2O5S2/c1-11-18(13,14)9-5-3-7-17-8-4-6-10-19(15,16)12-2/h11-12H,3-10H2,1-2H3. The Morgan fingerprint density at radius 3 is 1.42 bits per heavy atom. The molecule has 0 aliphatic rings. The Kier molecular flexibility index (Phi) is 9.54. The number of hydrogen-bond donors (Lipinski definition) is 2. The minimum absolute atomic E-state index is 0.104. The van der Waals surface area contributed by atoms with Gasteiger partial charge in [-0.15, -0.1) is 0 Å². The average molecular weight is 316 g/mol. The molecule has 0 aliphatic carbocycles. The second-order valence-electron chi connectivity index (χ2n) is 4.07. The molecule has 0 rings (SSSR count).